The molecule has 0 saturated carbocycles. The zero-order chi connectivity index (χ0) is 35.2. The molecule has 0 saturated heterocycles. The van der Waals surface area contributed by atoms with E-state index in [1.54, 1.807) is 12.3 Å². The number of hydrogen-bond acceptors (Lipinski definition) is 4. The summed E-state index contributed by atoms with van der Waals surface area (Å²) in [5.74, 6) is 0.885. The molecule has 7 rings (SSSR count). The van der Waals surface area contributed by atoms with E-state index in [1.807, 2.05) is 58.0 Å². The maximum Gasteiger partial charge on any atom is 0.394 e. The van der Waals surface area contributed by atoms with Crippen LogP contribution in [0.2, 0.25) is 0 Å². The van der Waals surface area contributed by atoms with E-state index in [4.69, 9.17) is 4.42 Å². The van der Waals surface area contributed by atoms with Gasteiger partial charge in [-0.1, -0.05) is 88.8 Å². The smallest absolute Gasteiger partial charge is 0.394 e. The van der Waals surface area contributed by atoms with Crippen LogP contribution in [0.5, 0.6) is 0 Å². The van der Waals surface area contributed by atoms with Crippen molar-refractivity contribution in [1.29, 1.82) is 0 Å². The van der Waals surface area contributed by atoms with E-state index in [1.165, 1.54) is 19.9 Å². The quantitative estimate of drug-likeness (QED) is 0.0679. The number of halogens is 3. The number of hydrogen-bond donors (Lipinski definition) is 1. The normalized spacial score (nSPS) is 13.0. The topological polar surface area (TPSA) is 67.7 Å². The third-order valence-corrected chi connectivity index (χ3v) is 10.2. The van der Waals surface area contributed by atoms with Crippen molar-refractivity contribution in [2.24, 2.45) is 17.3 Å². The Morgan fingerprint density at radius 2 is 1.52 bits per heavy atom. The second-order valence-corrected chi connectivity index (χ2v) is 13.6. The summed E-state index contributed by atoms with van der Waals surface area (Å²) in [7, 11) is 0. The molecule has 5 nitrogen and oxygen atoms in total. The average Bonchev–Trinajstić information content (AvgIpc) is 3.61. The molecular formula is C41H42F3IrN2O3-. The van der Waals surface area contributed by atoms with Crippen molar-refractivity contribution in [3.05, 3.63) is 84.5 Å². The fourth-order valence-electron chi connectivity index (χ4n) is 7.09. The first kappa shape index (κ1) is 37.3. The molecule has 1 N–H and O–H groups in total. The van der Waals surface area contributed by atoms with Crippen LogP contribution in [-0.4, -0.2) is 26.5 Å². The Morgan fingerprint density at radius 1 is 0.900 bits per heavy atom. The third kappa shape index (κ3) is 6.28. The van der Waals surface area contributed by atoms with Gasteiger partial charge in [0.2, 0.25) is 0 Å². The number of ketones is 1. The number of carbonyl (C=O) groups excluding carboxylic acids is 1. The second kappa shape index (κ2) is 14.4. The molecule has 50 heavy (non-hydrogen) atoms. The van der Waals surface area contributed by atoms with E-state index in [2.05, 4.69) is 33.7 Å². The van der Waals surface area contributed by atoms with E-state index in [-0.39, 0.29) is 49.9 Å². The Morgan fingerprint density at radius 3 is 2.16 bits per heavy atom. The molecule has 4 heterocycles. The van der Waals surface area contributed by atoms with Crippen molar-refractivity contribution >= 4 is 65.8 Å². The number of aliphatic hydroxyl groups is 1. The largest absolute Gasteiger partial charge is 0.512 e. The minimum absolute atomic E-state index is 0. The maximum absolute atomic E-state index is 13.8. The summed E-state index contributed by atoms with van der Waals surface area (Å²) in [5.41, 5.74) is 1.08. The van der Waals surface area contributed by atoms with Crippen molar-refractivity contribution in [1.82, 2.24) is 9.38 Å². The number of fused-ring (bicyclic) bond motifs is 7. The predicted octanol–water partition coefficient (Wildman–Crippen LogP) is 11.9. The number of benzene rings is 3. The second-order valence-electron chi connectivity index (χ2n) is 13.6. The maximum atomic E-state index is 13.8. The van der Waals surface area contributed by atoms with Crippen LogP contribution in [-0.2, 0) is 31.3 Å². The minimum Gasteiger partial charge on any atom is -0.512 e. The van der Waals surface area contributed by atoms with Gasteiger partial charge in [0.1, 0.15) is 17.0 Å². The van der Waals surface area contributed by atoms with Crippen LogP contribution < -0.4 is 0 Å². The Bertz CT molecular complexity index is 2330. The summed E-state index contributed by atoms with van der Waals surface area (Å²) in [6.07, 6.45) is 1.94. The van der Waals surface area contributed by atoms with E-state index in [0.717, 1.165) is 69.0 Å². The van der Waals surface area contributed by atoms with Crippen LogP contribution in [0, 0.1) is 23.3 Å². The van der Waals surface area contributed by atoms with Crippen LogP contribution in [0.1, 0.15) is 73.0 Å². The van der Waals surface area contributed by atoms with Gasteiger partial charge in [0, 0.05) is 66.9 Å². The van der Waals surface area contributed by atoms with Gasteiger partial charge < -0.3 is 13.9 Å². The number of alkyl halides is 3. The molecule has 0 amide bonds. The minimum atomic E-state index is -4.36. The Balaban J connectivity index is 0.000000261. The molecule has 265 valence electrons. The monoisotopic (exact) mass is 860 g/mol. The first-order chi connectivity index (χ1) is 23.4. The Hall–Kier alpha value is -3.94. The SMILES string of the molecule is CC(C)(Cc1oc2ccnc3c2c1c1cccc2c4c5ccccc5c[c-]c4n3c12)C(F)(F)F.CCC(CC)C(=O)/C=C(\O)C(CC)CC.[Ir]. The van der Waals surface area contributed by atoms with Crippen molar-refractivity contribution in [3.8, 4) is 0 Å². The molecule has 0 atom stereocenters. The molecule has 0 spiro atoms. The fourth-order valence-corrected chi connectivity index (χ4v) is 7.09. The number of nitrogens with zero attached hydrogens (tertiary/aromatic N) is 2. The van der Waals surface area contributed by atoms with Gasteiger partial charge in [-0.05, 0) is 37.1 Å². The molecule has 0 aliphatic carbocycles. The predicted molar refractivity (Wildman–Crippen MR) is 192 cm³/mol. The summed E-state index contributed by atoms with van der Waals surface area (Å²) in [6, 6.07) is 21.3. The van der Waals surface area contributed by atoms with Crippen LogP contribution in [0.4, 0.5) is 13.2 Å². The van der Waals surface area contributed by atoms with Crippen LogP contribution in [0.25, 0.3) is 60.0 Å². The van der Waals surface area contributed by atoms with Gasteiger partial charge >= 0.3 is 6.18 Å². The van der Waals surface area contributed by atoms with Crippen molar-refractivity contribution < 1.29 is 47.6 Å². The molecule has 4 aromatic heterocycles. The molecular weight excluding hydrogens is 818 g/mol. The van der Waals surface area contributed by atoms with Crippen LogP contribution >= 0.6 is 0 Å². The van der Waals surface area contributed by atoms with E-state index >= 15 is 0 Å². The van der Waals surface area contributed by atoms with Crippen molar-refractivity contribution in [2.45, 2.75) is 79.8 Å². The first-order valence-electron chi connectivity index (χ1n) is 17.1. The molecule has 9 heteroatoms. The Labute approximate surface area is 303 Å². The fraction of sp³-hybridized carbons (Fsp3) is 0.366. The molecule has 1 radical (unpaired) electrons. The summed E-state index contributed by atoms with van der Waals surface area (Å²) < 4.78 is 49.6. The van der Waals surface area contributed by atoms with Crippen LogP contribution in [0.3, 0.4) is 0 Å². The number of rotatable bonds is 9. The van der Waals surface area contributed by atoms with Gasteiger partial charge in [-0.3, -0.25) is 4.79 Å². The molecule has 0 fully saturated rings. The number of allylic oxidation sites excluding steroid dienone is 2. The van der Waals surface area contributed by atoms with Gasteiger partial charge in [0.15, 0.2) is 5.78 Å². The molecule has 3 aromatic carbocycles. The number of aliphatic hydroxyl groups excluding tert-OH is 1. The summed E-state index contributed by atoms with van der Waals surface area (Å²) in [4.78, 5) is 16.4. The number of furan rings is 1. The standard InChI is InChI=1S/C28H18F3N2O.C13H24O2.Ir/c1-27(2,28(29,30)31)14-21-23-18-9-5-8-17-22-16-7-4-3-6-15(16)10-11-19(22)33(25(17)18)26-24(23)20(34-21)12-13-32-26;1-5-10(6-2)12(14)9-13(15)11(7-3)8-4;/h3-10,12-13H,14H2,1-2H3;9-11,14H,5-8H2,1-4H3;/q-1;;/b;12-9-;. The van der Waals surface area contributed by atoms with E-state index in [9.17, 15) is 23.1 Å². The van der Waals surface area contributed by atoms with Gasteiger partial charge in [-0.2, -0.15) is 25.3 Å². The van der Waals surface area contributed by atoms with Crippen molar-refractivity contribution in [2.75, 3.05) is 0 Å². The number of aromatic nitrogens is 2. The Kier molecular flexibility index (Phi) is 10.7. The summed E-state index contributed by atoms with van der Waals surface area (Å²) in [6.45, 7) is 10.5. The number of para-hydroxylation sites is 1. The first-order valence-corrected chi connectivity index (χ1v) is 17.1. The average molecular weight is 860 g/mol. The molecule has 0 aliphatic heterocycles. The summed E-state index contributed by atoms with van der Waals surface area (Å²) >= 11 is 0. The van der Waals surface area contributed by atoms with Gasteiger partial charge in [0.25, 0.3) is 0 Å². The molecule has 0 unspecified atom stereocenters. The van der Waals surface area contributed by atoms with Crippen LogP contribution in [0.15, 0.2) is 77.0 Å². The van der Waals surface area contributed by atoms with Gasteiger partial charge in [-0.25, -0.2) is 4.98 Å². The van der Waals surface area contributed by atoms with E-state index in [0.29, 0.717) is 22.4 Å². The van der Waals surface area contributed by atoms with Gasteiger partial charge in [0.05, 0.1) is 16.6 Å². The molecule has 0 aliphatic rings. The zero-order valence-corrected chi connectivity index (χ0v) is 31.6. The summed E-state index contributed by atoms with van der Waals surface area (Å²) in [5, 5.41) is 16.3. The molecule has 0 bridgehead atoms. The van der Waals surface area contributed by atoms with E-state index < -0.39 is 11.6 Å². The van der Waals surface area contributed by atoms with Crippen molar-refractivity contribution in [3.63, 3.8) is 0 Å². The number of pyridine rings is 2. The zero-order valence-electron chi connectivity index (χ0n) is 29.2. The number of carbonyl (C=O) groups is 1. The molecule has 7 aromatic rings. The van der Waals surface area contributed by atoms with Gasteiger partial charge in [-0.15, -0.1) is 16.8 Å². The third-order valence-electron chi connectivity index (χ3n) is 10.2.